The molecule has 0 aromatic carbocycles. The Hall–Kier alpha value is -0.570. The highest BCUT2D eigenvalue weighted by atomic mass is 16.1. The van der Waals surface area contributed by atoms with Crippen LogP contribution in [0.1, 0.15) is 25.7 Å². The van der Waals surface area contributed by atoms with Crippen molar-refractivity contribution in [2.75, 3.05) is 13.1 Å². The van der Waals surface area contributed by atoms with E-state index in [-0.39, 0.29) is 11.9 Å². The van der Waals surface area contributed by atoms with Gasteiger partial charge in [0.25, 0.3) is 0 Å². The maximum absolute atomic E-state index is 11.0. The van der Waals surface area contributed by atoms with Gasteiger partial charge in [-0.1, -0.05) is 0 Å². The Kier molecular flexibility index (Phi) is 2.05. The van der Waals surface area contributed by atoms with Gasteiger partial charge in [-0.15, -0.1) is 0 Å². The van der Waals surface area contributed by atoms with Crippen molar-refractivity contribution in [2.24, 2.45) is 11.7 Å². The van der Waals surface area contributed by atoms with Gasteiger partial charge in [-0.05, 0) is 38.1 Å². The van der Waals surface area contributed by atoms with Crippen LogP contribution in [0.5, 0.6) is 0 Å². The molecule has 2 N–H and O–H groups in total. The molecule has 0 bridgehead atoms. The molecule has 2 rings (SSSR count). The minimum atomic E-state index is -0.131. The Morgan fingerprint density at radius 2 is 2.17 bits per heavy atom. The molecule has 0 spiro atoms. The summed E-state index contributed by atoms with van der Waals surface area (Å²) in [6, 6.07) is 0.0469. The molecule has 0 aromatic rings. The number of rotatable bonds is 3. The molecule has 1 aliphatic heterocycles. The Balaban J connectivity index is 1.88. The molecule has 0 radical (unpaired) electrons. The highest BCUT2D eigenvalue weighted by Crippen LogP contribution is 2.32. The molecule has 1 saturated carbocycles. The quantitative estimate of drug-likeness (QED) is 0.660. The number of primary amides is 1. The van der Waals surface area contributed by atoms with E-state index in [0.717, 1.165) is 31.8 Å². The molecule has 1 saturated heterocycles. The number of amides is 1. The first-order valence-corrected chi connectivity index (χ1v) is 4.81. The van der Waals surface area contributed by atoms with Crippen molar-refractivity contribution in [3.05, 3.63) is 0 Å². The van der Waals surface area contributed by atoms with E-state index in [4.69, 9.17) is 5.73 Å². The molecule has 1 amide bonds. The van der Waals surface area contributed by atoms with E-state index in [1.165, 1.54) is 12.8 Å². The SMILES string of the molecule is NC(=O)[C@@H]1CCCN1CC1CC1. The second kappa shape index (κ2) is 3.05. The molecular weight excluding hydrogens is 152 g/mol. The molecule has 0 aromatic heterocycles. The molecule has 1 atom stereocenters. The summed E-state index contributed by atoms with van der Waals surface area (Å²) in [6.07, 6.45) is 4.81. The van der Waals surface area contributed by atoms with Gasteiger partial charge in [-0.3, -0.25) is 9.69 Å². The number of hydrogen-bond acceptors (Lipinski definition) is 2. The zero-order valence-electron chi connectivity index (χ0n) is 7.33. The third kappa shape index (κ3) is 1.61. The normalized spacial score (nSPS) is 30.8. The van der Waals surface area contributed by atoms with Crippen molar-refractivity contribution in [1.82, 2.24) is 4.90 Å². The first-order valence-electron chi connectivity index (χ1n) is 4.81. The summed E-state index contributed by atoms with van der Waals surface area (Å²) < 4.78 is 0. The van der Waals surface area contributed by atoms with Gasteiger partial charge >= 0.3 is 0 Å². The third-order valence-corrected chi connectivity index (χ3v) is 2.88. The summed E-state index contributed by atoms with van der Waals surface area (Å²) in [5, 5.41) is 0. The van der Waals surface area contributed by atoms with Crippen LogP contribution in [0.25, 0.3) is 0 Å². The lowest BCUT2D eigenvalue weighted by molar-refractivity contribution is -0.122. The standard InChI is InChI=1S/C9H16N2O/c10-9(12)8-2-1-5-11(8)6-7-3-4-7/h7-8H,1-6H2,(H2,10,12)/t8-/m0/s1. The molecule has 0 unspecified atom stereocenters. The molecule has 3 nitrogen and oxygen atoms in total. The predicted octanol–water partition coefficient (Wildman–Crippen LogP) is 0.346. The van der Waals surface area contributed by atoms with Crippen LogP contribution in [0.15, 0.2) is 0 Å². The fourth-order valence-electron chi connectivity index (χ4n) is 2.00. The van der Waals surface area contributed by atoms with Crippen LogP contribution in [0, 0.1) is 5.92 Å². The summed E-state index contributed by atoms with van der Waals surface area (Å²) in [5.74, 6) is 0.734. The van der Waals surface area contributed by atoms with Crippen molar-refractivity contribution in [3.63, 3.8) is 0 Å². The van der Waals surface area contributed by atoms with E-state index in [0.29, 0.717) is 0 Å². The van der Waals surface area contributed by atoms with Crippen molar-refractivity contribution < 1.29 is 4.79 Å². The number of hydrogen-bond donors (Lipinski definition) is 1. The van der Waals surface area contributed by atoms with Crippen LogP contribution in [-0.4, -0.2) is 29.9 Å². The maximum atomic E-state index is 11.0. The topological polar surface area (TPSA) is 46.3 Å². The lowest BCUT2D eigenvalue weighted by Crippen LogP contribution is -2.41. The van der Waals surface area contributed by atoms with Gasteiger partial charge in [0.1, 0.15) is 0 Å². The fraction of sp³-hybridized carbons (Fsp3) is 0.889. The predicted molar refractivity (Wildman–Crippen MR) is 46.5 cm³/mol. The lowest BCUT2D eigenvalue weighted by Gasteiger charge is -2.21. The van der Waals surface area contributed by atoms with E-state index in [1.807, 2.05) is 0 Å². The Bertz CT molecular complexity index is 189. The second-order valence-corrected chi connectivity index (χ2v) is 4.00. The summed E-state index contributed by atoms with van der Waals surface area (Å²) in [5.41, 5.74) is 5.30. The van der Waals surface area contributed by atoms with Crippen molar-refractivity contribution >= 4 is 5.91 Å². The zero-order valence-corrected chi connectivity index (χ0v) is 7.33. The summed E-state index contributed by atoms with van der Waals surface area (Å²) in [6.45, 7) is 2.18. The number of nitrogens with zero attached hydrogens (tertiary/aromatic N) is 1. The summed E-state index contributed by atoms with van der Waals surface area (Å²) in [7, 11) is 0. The molecule has 2 aliphatic rings. The van der Waals surface area contributed by atoms with Gasteiger partial charge in [0.15, 0.2) is 0 Å². The number of carbonyl (C=O) groups is 1. The highest BCUT2D eigenvalue weighted by Gasteiger charge is 2.33. The van der Waals surface area contributed by atoms with Crippen molar-refractivity contribution in [2.45, 2.75) is 31.7 Å². The van der Waals surface area contributed by atoms with Crippen LogP contribution in [0.3, 0.4) is 0 Å². The molecule has 1 heterocycles. The van der Waals surface area contributed by atoms with Gasteiger partial charge in [0, 0.05) is 6.54 Å². The van der Waals surface area contributed by atoms with E-state index >= 15 is 0 Å². The van der Waals surface area contributed by atoms with E-state index in [2.05, 4.69) is 4.90 Å². The van der Waals surface area contributed by atoms with E-state index in [9.17, 15) is 4.79 Å². The largest absolute Gasteiger partial charge is 0.368 e. The first-order chi connectivity index (χ1) is 5.77. The van der Waals surface area contributed by atoms with Gasteiger partial charge < -0.3 is 5.73 Å². The molecule has 1 aliphatic carbocycles. The fourth-order valence-corrected chi connectivity index (χ4v) is 2.00. The van der Waals surface area contributed by atoms with Gasteiger partial charge in [0.2, 0.25) is 5.91 Å². The number of carbonyl (C=O) groups excluding carboxylic acids is 1. The molecule has 68 valence electrons. The second-order valence-electron chi connectivity index (χ2n) is 4.00. The maximum Gasteiger partial charge on any atom is 0.234 e. The Morgan fingerprint density at radius 1 is 1.42 bits per heavy atom. The number of nitrogens with two attached hydrogens (primary N) is 1. The summed E-state index contributed by atoms with van der Waals surface area (Å²) >= 11 is 0. The average molecular weight is 168 g/mol. The minimum absolute atomic E-state index is 0.0469. The molecule has 3 heteroatoms. The van der Waals surface area contributed by atoms with Crippen molar-refractivity contribution in [1.29, 1.82) is 0 Å². The Labute approximate surface area is 72.9 Å². The summed E-state index contributed by atoms with van der Waals surface area (Å²) in [4.78, 5) is 13.3. The minimum Gasteiger partial charge on any atom is -0.368 e. The van der Waals surface area contributed by atoms with Crippen LogP contribution in [0.2, 0.25) is 0 Å². The molecule has 12 heavy (non-hydrogen) atoms. The van der Waals surface area contributed by atoms with Gasteiger partial charge in [-0.2, -0.15) is 0 Å². The average Bonchev–Trinajstić information content (AvgIpc) is 2.66. The van der Waals surface area contributed by atoms with E-state index < -0.39 is 0 Å². The van der Waals surface area contributed by atoms with Crippen LogP contribution in [0.4, 0.5) is 0 Å². The smallest absolute Gasteiger partial charge is 0.234 e. The van der Waals surface area contributed by atoms with Crippen LogP contribution >= 0.6 is 0 Å². The zero-order chi connectivity index (χ0) is 8.55. The van der Waals surface area contributed by atoms with Crippen LogP contribution in [-0.2, 0) is 4.79 Å². The monoisotopic (exact) mass is 168 g/mol. The highest BCUT2D eigenvalue weighted by molar-refractivity contribution is 5.80. The Morgan fingerprint density at radius 3 is 2.75 bits per heavy atom. The van der Waals surface area contributed by atoms with Crippen molar-refractivity contribution in [3.8, 4) is 0 Å². The number of likely N-dealkylation sites (tertiary alicyclic amines) is 1. The molecule has 2 fully saturated rings. The van der Waals surface area contributed by atoms with E-state index in [1.54, 1.807) is 0 Å². The molecular formula is C9H16N2O. The lowest BCUT2D eigenvalue weighted by atomic mass is 10.2. The van der Waals surface area contributed by atoms with Gasteiger partial charge in [-0.25, -0.2) is 0 Å². The van der Waals surface area contributed by atoms with Crippen LogP contribution < -0.4 is 5.73 Å². The first kappa shape index (κ1) is 8.05. The third-order valence-electron chi connectivity index (χ3n) is 2.88. The van der Waals surface area contributed by atoms with Gasteiger partial charge in [0.05, 0.1) is 6.04 Å².